The largest absolute Gasteiger partial charge is 0.478 e. The summed E-state index contributed by atoms with van der Waals surface area (Å²) < 4.78 is 27.1. The highest BCUT2D eigenvalue weighted by Gasteiger charge is 2.41. The molecule has 8 nitrogen and oxygen atoms in total. The molecule has 0 fully saturated rings. The predicted molar refractivity (Wildman–Crippen MR) is 125 cm³/mol. The Morgan fingerprint density at radius 1 is 1.09 bits per heavy atom. The van der Waals surface area contributed by atoms with Gasteiger partial charge in [-0.3, -0.25) is 5.10 Å². The number of hydrogen-bond donors (Lipinski definition) is 2. The second kappa shape index (κ2) is 7.11. The number of aromatic carboxylic acids is 1. The van der Waals surface area contributed by atoms with Crippen molar-refractivity contribution < 1.29 is 23.8 Å². The topological polar surface area (TPSA) is 90.9 Å². The van der Waals surface area contributed by atoms with Crippen LogP contribution in [0.25, 0.3) is 10.9 Å². The number of carboxylic acid groups (broad SMARTS) is 1. The van der Waals surface area contributed by atoms with E-state index in [4.69, 9.17) is 9.47 Å². The van der Waals surface area contributed by atoms with E-state index in [1.165, 1.54) is 12.1 Å². The minimum Gasteiger partial charge on any atom is -0.478 e. The molecule has 0 unspecified atom stereocenters. The highest BCUT2D eigenvalue weighted by atomic mass is 19.1. The van der Waals surface area contributed by atoms with Crippen LogP contribution >= 0.6 is 0 Å². The highest BCUT2D eigenvalue weighted by molar-refractivity contribution is 5.96. The van der Waals surface area contributed by atoms with Gasteiger partial charge < -0.3 is 24.4 Å². The monoisotopic (exact) mass is 460 g/mol. The molecule has 0 radical (unpaired) electrons. The van der Waals surface area contributed by atoms with Crippen molar-refractivity contribution in [2.45, 2.75) is 19.4 Å². The lowest BCUT2D eigenvalue weighted by atomic mass is 9.93. The van der Waals surface area contributed by atoms with E-state index in [-0.39, 0.29) is 12.4 Å². The molecule has 2 aliphatic rings. The number of aromatic nitrogens is 2. The first-order chi connectivity index (χ1) is 16.3. The maximum absolute atomic E-state index is 16.0. The van der Waals surface area contributed by atoms with E-state index in [1.807, 2.05) is 29.2 Å². The number of rotatable bonds is 3. The third-order valence-electron chi connectivity index (χ3n) is 6.33. The van der Waals surface area contributed by atoms with Gasteiger partial charge in [-0.05, 0) is 56.3 Å². The van der Waals surface area contributed by atoms with Gasteiger partial charge in [0.25, 0.3) is 0 Å². The van der Waals surface area contributed by atoms with Crippen molar-refractivity contribution in [2.75, 3.05) is 23.1 Å². The summed E-state index contributed by atoms with van der Waals surface area (Å²) in [6.45, 7) is 4.77. The SMILES string of the molecule is CC1(C)CN(c2ccc(C(=O)O)cc2)c2c(cc3cn[nH]c3c2F)N1c1ccc2c(c1)OCO2. The van der Waals surface area contributed by atoms with Crippen LogP contribution in [0.4, 0.5) is 27.1 Å². The molecular weight excluding hydrogens is 439 g/mol. The number of fused-ring (bicyclic) bond motifs is 3. The van der Waals surface area contributed by atoms with Gasteiger partial charge >= 0.3 is 5.97 Å². The van der Waals surface area contributed by atoms with E-state index >= 15 is 4.39 Å². The highest BCUT2D eigenvalue weighted by Crippen LogP contribution is 2.51. The maximum Gasteiger partial charge on any atom is 0.335 e. The number of nitrogens with one attached hydrogen (secondary N) is 1. The molecule has 0 saturated carbocycles. The van der Waals surface area contributed by atoms with Gasteiger partial charge in [-0.2, -0.15) is 5.10 Å². The predicted octanol–water partition coefficient (Wildman–Crippen LogP) is 5.20. The molecule has 0 atom stereocenters. The van der Waals surface area contributed by atoms with E-state index in [9.17, 15) is 9.90 Å². The number of anilines is 4. The van der Waals surface area contributed by atoms with Gasteiger partial charge in [0, 0.05) is 29.4 Å². The van der Waals surface area contributed by atoms with Crippen LogP contribution in [0.5, 0.6) is 11.5 Å². The van der Waals surface area contributed by atoms with Crippen molar-refractivity contribution in [2.24, 2.45) is 0 Å². The smallest absolute Gasteiger partial charge is 0.335 e. The number of ether oxygens (including phenoxy) is 2. The Morgan fingerprint density at radius 3 is 2.59 bits per heavy atom. The van der Waals surface area contributed by atoms with E-state index in [1.54, 1.807) is 18.3 Å². The van der Waals surface area contributed by atoms with Crippen molar-refractivity contribution in [1.29, 1.82) is 0 Å². The zero-order chi connectivity index (χ0) is 23.6. The van der Waals surface area contributed by atoms with Gasteiger partial charge in [0.15, 0.2) is 17.3 Å². The molecule has 0 saturated heterocycles. The number of H-pyrrole nitrogens is 1. The number of hydrogen-bond acceptors (Lipinski definition) is 6. The Bertz CT molecular complexity index is 1450. The standard InChI is InChI=1S/C25H21FN4O4/c1-25(2)12-29(16-5-3-14(4-6-16)24(31)32)23-18(9-15-11-27-28-22(15)21(23)26)30(25)17-7-8-19-20(10-17)34-13-33-19/h3-11H,12-13H2,1-2H3,(H,27,28)(H,31,32). The summed E-state index contributed by atoms with van der Waals surface area (Å²) in [6, 6.07) is 14.1. The molecule has 3 aromatic carbocycles. The molecule has 0 aliphatic carbocycles. The van der Waals surface area contributed by atoms with Crippen molar-refractivity contribution in [3.05, 3.63) is 66.1 Å². The summed E-state index contributed by atoms with van der Waals surface area (Å²) >= 11 is 0. The molecule has 9 heteroatoms. The lowest BCUT2D eigenvalue weighted by Crippen LogP contribution is -2.53. The van der Waals surface area contributed by atoms with Gasteiger partial charge in [0.1, 0.15) is 11.2 Å². The Kier molecular flexibility index (Phi) is 4.26. The Morgan fingerprint density at radius 2 is 1.82 bits per heavy atom. The molecule has 34 heavy (non-hydrogen) atoms. The van der Waals surface area contributed by atoms with Crippen molar-refractivity contribution >= 4 is 39.6 Å². The fraction of sp³-hybridized carbons (Fsp3) is 0.200. The normalized spacial score (nSPS) is 16.1. The molecule has 4 aromatic rings. The average molecular weight is 460 g/mol. The van der Waals surface area contributed by atoms with E-state index in [2.05, 4.69) is 28.9 Å². The number of halogens is 1. The molecule has 6 rings (SSSR count). The number of carboxylic acids is 1. The van der Waals surface area contributed by atoms with Crippen LogP contribution in [0.15, 0.2) is 54.7 Å². The Labute approximate surface area is 194 Å². The lowest BCUT2D eigenvalue weighted by Gasteiger charge is -2.50. The van der Waals surface area contributed by atoms with Crippen LogP contribution in [0.1, 0.15) is 24.2 Å². The summed E-state index contributed by atoms with van der Waals surface area (Å²) in [5, 5.41) is 16.7. The van der Waals surface area contributed by atoms with Gasteiger partial charge in [0.2, 0.25) is 6.79 Å². The zero-order valence-corrected chi connectivity index (χ0v) is 18.5. The van der Waals surface area contributed by atoms with Crippen LogP contribution in [-0.2, 0) is 0 Å². The van der Waals surface area contributed by atoms with E-state index in [0.717, 1.165) is 5.69 Å². The van der Waals surface area contributed by atoms with Gasteiger partial charge in [0.05, 0.1) is 23.0 Å². The van der Waals surface area contributed by atoms with E-state index < -0.39 is 17.3 Å². The average Bonchev–Trinajstić information content (AvgIpc) is 3.47. The minimum atomic E-state index is -1.01. The summed E-state index contributed by atoms with van der Waals surface area (Å²) in [5.74, 6) is -0.111. The number of benzene rings is 3. The third kappa shape index (κ3) is 2.97. The van der Waals surface area contributed by atoms with Crippen molar-refractivity contribution in [1.82, 2.24) is 10.2 Å². The molecular formula is C25H21FN4O4. The lowest BCUT2D eigenvalue weighted by molar-refractivity contribution is 0.0697. The van der Waals surface area contributed by atoms with Crippen molar-refractivity contribution in [3.8, 4) is 11.5 Å². The number of nitrogens with zero attached hydrogens (tertiary/aromatic N) is 3. The summed E-state index contributed by atoms with van der Waals surface area (Å²) in [6.07, 6.45) is 1.60. The first kappa shape index (κ1) is 20.3. The molecule has 0 spiro atoms. The molecule has 172 valence electrons. The Balaban J connectivity index is 1.57. The molecule has 2 N–H and O–H groups in total. The number of carbonyl (C=O) groups is 1. The zero-order valence-electron chi connectivity index (χ0n) is 18.5. The quantitative estimate of drug-likeness (QED) is 0.434. The van der Waals surface area contributed by atoms with Crippen LogP contribution in [0, 0.1) is 5.82 Å². The van der Waals surface area contributed by atoms with Gasteiger partial charge in [-0.25, -0.2) is 9.18 Å². The van der Waals surface area contributed by atoms with E-state index in [0.29, 0.717) is 46.0 Å². The first-order valence-corrected chi connectivity index (χ1v) is 10.8. The molecule has 0 amide bonds. The second-order valence-electron chi connectivity index (χ2n) is 9.02. The number of aromatic amines is 1. The van der Waals surface area contributed by atoms with Crippen LogP contribution in [-0.4, -0.2) is 40.1 Å². The second-order valence-corrected chi connectivity index (χ2v) is 9.02. The Hall–Kier alpha value is -4.27. The maximum atomic E-state index is 16.0. The molecule has 3 heterocycles. The third-order valence-corrected chi connectivity index (χ3v) is 6.33. The van der Waals surface area contributed by atoms with Crippen LogP contribution < -0.4 is 19.3 Å². The van der Waals surface area contributed by atoms with Crippen LogP contribution in [0.2, 0.25) is 0 Å². The van der Waals surface area contributed by atoms with Gasteiger partial charge in [-0.1, -0.05) is 0 Å². The molecule has 0 bridgehead atoms. The van der Waals surface area contributed by atoms with Gasteiger partial charge in [-0.15, -0.1) is 0 Å². The molecule has 1 aromatic heterocycles. The summed E-state index contributed by atoms with van der Waals surface area (Å²) in [5.41, 5.74) is 2.61. The summed E-state index contributed by atoms with van der Waals surface area (Å²) in [7, 11) is 0. The fourth-order valence-corrected chi connectivity index (χ4v) is 4.83. The summed E-state index contributed by atoms with van der Waals surface area (Å²) in [4.78, 5) is 15.3. The fourth-order valence-electron chi connectivity index (χ4n) is 4.83. The first-order valence-electron chi connectivity index (χ1n) is 10.8. The molecule has 2 aliphatic heterocycles. The van der Waals surface area contributed by atoms with Crippen molar-refractivity contribution in [3.63, 3.8) is 0 Å². The minimum absolute atomic E-state index is 0.170. The van der Waals surface area contributed by atoms with Crippen LogP contribution in [0.3, 0.4) is 0 Å².